The Morgan fingerprint density at radius 3 is 3.06 bits per heavy atom. The molecule has 0 spiro atoms. The van der Waals surface area contributed by atoms with Crippen LogP contribution in [0.5, 0.6) is 5.75 Å². The summed E-state index contributed by atoms with van der Waals surface area (Å²) in [6.07, 6.45) is 3.48. The lowest BCUT2D eigenvalue weighted by Crippen LogP contribution is -2.08. The van der Waals surface area contributed by atoms with Crippen LogP contribution in [0.3, 0.4) is 0 Å². The van der Waals surface area contributed by atoms with Crippen LogP contribution in [0.2, 0.25) is 0 Å². The molecule has 2 aromatic heterocycles. The van der Waals surface area contributed by atoms with E-state index in [1.807, 2.05) is 38.4 Å². The molecule has 0 bridgehead atoms. The second-order valence-electron chi connectivity index (χ2n) is 3.83. The van der Waals surface area contributed by atoms with Gasteiger partial charge in [0, 0.05) is 30.1 Å². The average Bonchev–Trinajstić information content (AvgIpc) is 2.82. The molecule has 17 heavy (non-hydrogen) atoms. The highest BCUT2D eigenvalue weighted by atomic mass is 16.5. The van der Waals surface area contributed by atoms with Crippen LogP contribution in [0.4, 0.5) is 0 Å². The van der Waals surface area contributed by atoms with Crippen LogP contribution in [-0.4, -0.2) is 12.0 Å². The van der Waals surface area contributed by atoms with Crippen molar-refractivity contribution >= 4 is 0 Å². The molecular formula is C13H16N2O2. The largest absolute Gasteiger partial charge is 0.485 e. The molecule has 0 saturated heterocycles. The van der Waals surface area contributed by atoms with Gasteiger partial charge in [-0.3, -0.25) is 4.98 Å². The van der Waals surface area contributed by atoms with E-state index in [4.69, 9.17) is 9.15 Å². The Bertz CT molecular complexity index is 466. The number of pyridine rings is 1. The van der Waals surface area contributed by atoms with Gasteiger partial charge >= 0.3 is 0 Å². The molecule has 0 unspecified atom stereocenters. The summed E-state index contributed by atoms with van der Waals surface area (Å²) in [4.78, 5) is 4.26. The van der Waals surface area contributed by atoms with Gasteiger partial charge in [0.1, 0.15) is 18.1 Å². The number of hydrogen-bond donors (Lipinski definition) is 1. The van der Waals surface area contributed by atoms with Crippen LogP contribution in [0.25, 0.3) is 0 Å². The van der Waals surface area contributed by atoms with Crippen molar-refractivity contribution in [2.75, 3.05) is 7.05 Å². The number of nitrogens with zero attached hydrogens (tertiary/aromatic N) is 1. The van der Waals surface area contributed by atoms with E-state index in [1.165, 1.54) is 0 Å². The molecule has 0 fully saturated rings. The molecule has 0 radical (unpaired) electrons. The maximum atomic E-state index is 5.74. The third-order valence-electron chi connectivity index (χ3n) is 2.40. The van der Waals surface area contributed by atoms with Gasteiger partial charge in [0.2, 0.25) is 0 Å². The minimum absolute atomic E-state index is 0.438. The number of hydrogen-bond acceptors (Lipinski definition) is 4. The first-order chi connectivity index (χ1) is 8.29. The van der Waals surface area contributed by atoms with Gasteiger partial charge in [-0.15, -0.1) is 0 Å². The minimum atomic E-state index is 0.438. The molecule has 2 rings (SSSR count). The molecule has 4 nitrogen and oxygen atoms in total. The lowest BCUT2D eigenvalue weighted by Gasteiger charge is -2.10. The SMILES string of the molecule is CNCc1cnc(C)cc1OCc1ccco1. The molecule has 0 saturated carbocycles. The average molecular weight is 232 g/mol. The van der Waals surface area contributed by atoms with Gasteiger partial charge in [-0.25, -0.2) is 0 Å². The summed E-state index contributed by atoms with van der Waals surface area (Å²) in [5.74, 6) is 1.66. The summed E-state index contributed by atoms with van der Waals surface area (Å²) in [7, 11) is 1.90. The molecule has 2 aromatic rings. The van der Waals surface area contributed by atoms with Gasteiger partial charge < -0.3 is 14.5 Å². The molecule has 0 aromatic carbocycles. The van der Waals surface area contributed by atoms with E-state index in [1.54, 1.807) is 6.26 Å². The van der Waals surface area contributed by atoms with Crippen molar-refractivity contribution in [3.63, 3.8) is 0 Å². The summed E-state index contributed by atoms with van der Waals surface area (Å²) < 4.78 is 11.0. The van der Waals surface area contributed by atoms with Gasteiger partial charge in [-0.2, -0.15) is 0 Å². The molecule has 2 heterocycles. The Kier molecular flexibility index (Phi) is 3.77. The zero-order valence-electron chi connectivity index (χ0n) is 10.1. The van der Waals surface area contributed by atoms with Gasteiger partial charge in [-0.1, -0.05) is 0 Å². The van der Waals surface area contributed by atoms with Gasteiger partial charge in [0.05, 0.1) is 6.26 Å². The van der Waals surface area contributed by atoms with Crippen LogP contribution in [0.15, 0.2) is 35.1 Å². The zero-order valence-corrected chi connectivity index (χ0v) is 10.1. The van der Waals surface area contributed by atoms with Crippen molar-refractivity contribution in [2.45, 2.75) is 20.1 Å². The Morgan fingerprint density at radius 1 is 1.47 bits per heavy atom. The first-order valence-corrected chi connectivity index (χ1v) is 5.55. The summed E-state index contributed by atoms with van der Waals surface area (Å²) in [6, 6.07) is 5.69. The fourth-order valence-electron chi connectivity index (χ4n) is 1.56. The standard InChI is InChI=1S/C13H16N2O2/c1-10-6-13(11(7-14-2)8-15-10)17-9-12-4-3-5-16-12/h3-6,8,14H,7,9H2,1-2H3. The number of ether oxygens (including phenoxy) is 1. The summed E-state index contributed by atoms with van der Waals surface area (Å²) in [5.41, 5.74) is 1.99. The second kappa shape index (κ2) is 5.50. The second-order valence-corrected chi connectivity index (χ2v) is 3.83. The lowest BCUT2D eigenvalue weighted by atomic mass is 10.2. The molecule has 0 aliphatic heterocycles. The van der Waals surface area contributed by atoms with E-state index in [-0.39, 0.29) is 0 Å². The van der Waals surface area contributed by atoms with Crippen molar-refractivity contribution in [1.82, 2.24) is 10.3 Å². The lowest BCUT2D eigenvalue weighted by molar-refractivity contribution is 0.267. The van der Waals surface area contributed by atoms with E-state index >= 15 is 0 Å². The van der Waals surface area contributed by atoms with Gasteiger partial charge in [0.25, 0.3) is 0 Å². The molecular weight excluding hydrogens is 216 g/mol. The molecule has 0 aliphatic rings. The normalized spacial score (nSPS) is 10.5. The molecule has 0 atom stereocenters. The first-order valence-electron chi connectivity index (χ1n) is 5.55. The van der Waals surface area contributed by atoms with Crippen LogP contribution in [0.1, 0.15) is 17.0 Å². The van der Waals surface area contributed by atoms with Crippen molar-refractivity contribution in [2.24, 2.45) is 0 Å². The fraction of sp³-hybridized carbons (Fsp3) is 0.308. The Balaban J connectivity index is 2.10. The third kappa shape index (κ3) is 3.07. The smallest absolute Gasteiger partial charge is 0.146 e. The molecule has 90 valence electrons. The topological polar surface area (TPSA) is 47.3 Å². The van der Waals surface area contributed by atoms with E-state index in [0.717, 1.165) is 29.3 Å². The number of aryl methyl sites for hydroxylation is 1. The van der Waals surface area contributed by atoms with Crippen LogP contribution >= 0.6 is 0 Å². The summed E-state index contributed by atoms with van der Waals surface area (Å²) in [6.45, 7) is 3.12. The maximum absolute atomic E-state index is 5.74. The third-order valence-corrected chi connectivity index (χ3v) is 2.40. The van der Waals surface area contributed by atoms with E-state index in [2.05, 4.69) is 10.3 Å². The van der Waals surface area contributed by atoms with Crippen LogP contribution in [0, 0.1) is 6.92 Å². The minimum Gasteiger partial charge on any atom is -0.485 e. The first kappa shape index (κ1) is 11.7. The predicted molar refractivity (Wildman–Crippen MR) is 64.8 cm³/mol. The van der Waals surface area contributed by atoms with Gasteiger partial charge in [0.15, 0.2) is 0 Å². The zero-order chi connectivity index (χ0) is 12.1. The Hall–Kier alpha value is -1.81. The van der Waals surface area contributed by atoms with Crippen molar-refractivity contribution in [3.05, 3.63) is 47.7 Å². The molecule has 0 aliphatic carbocycles. The van der Waals surface area contributed by atoms with Crippen LogP contribution in [-0.2, 0) is 13.2 Å². The summed E-state index contributed by atoms with van der Waals surface area (Å²) in [5, 5.41) is 3.09. The highest BCUT2D eigenvalue weighted by Crippen LogP contribution is 2.19. The molecule has 0 amide bonds. The number of aromatic nitrogens is 1. The van der Waals surface area contributed by atoms with Gasteiger partial charge in [-0.05, 0) is 26.1 Å². The monoisotopic (exact) mass is 232 g/mol. The quantitative estimate of drug-likeness (QED) is 0.859. The van der Waals surface area contributed by atoms with E-state index < -0.39 is 0 Å². The van der Waals surface area contributed by atoms with E-state index in [9.17, 15) is 0 Å². The number of furan rings is 1. The van der Waals surface area contributed by atoms with E-state index in [0.29, 0.717) is 6.61 Å². The van der Waals surface area contributed by atoms with Crippen molar-refractivity contribution in [3.8, 4) is 5.75 Å². The Morgan fingerprint density at radius 2 is 2.35 bits per heavy atom. The van der Waals surface area contributed by atoms with Crippen LogP contribution < -0.4 is 10.1 Å². The predicted octanol–water partition coefficient (Wildman–Crippen LogP) is 2.28. The summed E-state index contributed by atoms with van der Waals surface area (Å²) >= 11 is 0. The highest BCUT2D eigenvalue weighted by molar-refractivity contribution is 5.32. The molecule has 1 N–H and O–H groups in total. The number of rotatable bonds is 5. The van der Waals surface area contributed by atoms with Crippen molar-refractivity contribution < 1.29 is 9.15 Å². The molecule has 4 heteroatoms. The fourth-order valence-corrected chi connectivity index (χ4v) is 1.56. The highest BCUT2D eigenvalue weighted by Gasteiger charge is 2.05. The maximum Gasteiger partial charge on any atom is 0.146 e. The number of nitrogens with one attached hydrogen (secondary N) is 1. The Labute approximate surface area is 101 Å². The van der Waals surface area contributed by atoms with Crippen molar-refractivity contribution in [1.29, 1.82) is 0 Å².